The van der Waals surface area contributed by atoms with Gasteiger partial charge in [0, 0.05) is 22.9 Å². The molecule has 8 heteroatoms. The molecular formula is C22H24N2O5S. The van der Waals surface area contributed by atoms with Gasteiger partial charge in [-0.25, -0.2) is 4.98 Å². The van der Waals surface area contributed by atoms with Gasteiger partial charge in [-0.15, -0.1) is 0 Å². The number of oxazole rings is 1. The lowest BCUT2D eigenvalue weighted by Gasteiger charge is -2.07. The zero-order valence-corrected chi connectivity index (χ0v) is 18.0. The van der Waals surface area contributed by atoms with Crippen molar-refractivity contribution in [3.8, 4) is 23.0 Å². The molecule has 0 unspecified atom stereocenters. The summed E-state index contributed by atoms with van der Waals surface area (Å²) in [5.74, 6) is 1.91. The first-order valence-corrected chi connectivity index (χ1v) is 10.8. The highest BCUT2D eigenvalue weighted by molar-refractivity contribution is 7.84. The second-order valence-corrected chi connectivity index (χ2v) is 8.04. The summed E-state index contributed by atoms with van der Waals surface area (Å²) >= 11 is 0. The molecule has 1 N–H and O–H groups in total. The molecular weight excluding hydrogens is 404 g/mol. The van der Waals surface area contributed by atoms with Crippen LogP contribution in [0.3, 0.4) is 0 Å². The first-order chi connectivity index (χ1) is 14.5. The van der Waals surface area contributed by atoms with Crippen molar-refractivity contribution >= 4 is 16.7 Å². The van der Waals surface area contributed by atoms with E-state index in [0.717, 1.165) is 5.56 Å². The van der Waals surface area contributed by atoms with E-state index in [9.17, 15) is 9.00 Å². The van der Waals surface area contributed by atoms with Crippen LogP contribution in [-0.4, -0.2) is 35.1 Å². The van der Waals surface area contributed by atoms with Crippen LogP contribution in [-0.2, 0) is 27.9 Å². The zero-order chi connectivity index (χ0) is 21.5. The Morgan fingerprint density at radius 3 is 2.53 bits per heavy atom. The minimum atomic E-state index is -1.40. The van der Waals surface area contributed by atoms with Gasteiger partial charge < -0.3 is 19.2 Å². The minimum absolute atomic E-state index is 0.0924. The van der Waals surface area contributed by atoms with Crippen molar-refractivity contribution in [3.63, 3.8) is 0 Å². The maximum Gasteiger partial charge on any atom is 0.232 e. The fraction of sp³-hybridized carbons (Fsp3) is 0.273. The quantitative estimate of drug-likeness (QED) is 0.563. The molecule has 30 heavy (non-hydrogen) atoms. The lowest BCUT2D eigenvalue weighted by atomic mass is 10.2. The molecule has 0 radical (unpaired) electrons. The first-order valence-electron chi connectivity index (χ1n) is 9.34. The molecule has 0 aliphatic carbocycles. The minimum Gasteiger partial charge on any atom is -0.493 e. The van der Waals surface area contributed by atoms with E-state index >= 15 is 0 Å². The number of hydrogen-bond donors (Lipinski definition) is 1. The van der Waals surface area contributed by atoms with Crippen LogP contribution >= 0.6 is 0 Å². The maximum absolute atomic E-state index is 12.4. The third-order valence-electron chi connectivity index (χ3n) is 4.45. The SMILES string of the molecule is COc1ccc(-c2nc(C[S@@](=O)CC(=O)NCc3ccccc3)c(C)o2)cc1OC. The largest absolute Gasteiger partial charge is 0.493 e. The van der Waals surface area contributed by atoms with E-state index in [0.29, 0.717) is 41.0 Å². The summed E-state index contributed by atoms with van der Waals surface area (Å²) in [7, 11) is 1.72. The second-order valence-electron chi connectivity index (χ2n) is 6.58. The van der Waals surface area contributed by atoms with Gasteiger partial charge in [-0.2, -0.15) is 0 Å². The van der Waals surface area contributed by atoms with Crippen molar-refractivity contribution in [1.82, 2.24) is 10.3 Å². The van der Waals surface area contributed by atoms with Crippen LogP contribution in [0.25, 0.3) is 11.5 Å². The van der Waals surface area contributed by atoms with Gasteiger partial charge in [0.15, 0.2) is 11.5 Å². The molecule has 3 aromatic rings. The Balaban J connectivity index is 1.61. The fourth-order valence-electron chi connectivity index (χ4n) is 2.85. The molecule has 2 aromatic carbocycles. The average Bonchev–Trinajstić information content (AvgIpc) is 3.12. The molecule has 3 rings (SSSR count). The number of aromatic nitrogens is 1. The van der Waals surface area contributed by atoms with Crippen molar-refractivity contribution in [2.75, 3.05) is 20.0 Å². The average molecular weight is 429 g/mol. The molecule has 1 amide bonds. The van der Waals surface area contributed by atoms with Crippen molar-refractivity contribution in [2.24, 2.45) is 0 Å². The molecule has 1 heterocycles. The Morgan fingerprint density at radius 1 is 1.10 bits per heavy atom. The molecule has 1 aromatic heterocycles. The van der Waals surface area contributed by atoms with E-state index in [4.69, 9.17) is 13.9 Å². The first kappa shape index (κ1) is 21.6. The molecule has 0 bridgehead atoms. The molecule has 0 aliphatic heterocycles. The van der Waals surface area contributed by atoms with Crippen molar-refractivity contribution in [1.29, 1.82) is 0 Å². The maximum atomic E-state index is 12.4. The Hall–Kier alpha value is -3.13. The standard InChI is InChI=1S/C22H24N2O5S/c1-15-18(13-30(26)14-21(25)23-12-16-7-5-4-6-8-16)24-22(29-15)17-9-10-19(27-2)20(11-17)28-3/h4-11H,12-14H2,1-3H3,(H,23,25)/t30-/m1/s1. The van der Waals surface area contributed by atoms with Gasteiger partial charge in [0.05, 0.1) is 25.7 Å². The molecule has 1 atom stereocenters. The summed E-state index contributed by atoms with van der Waals surface area (Å²) in [4.78, 5) is 16.5. The number of nitrogens with one attached hydrogen (secondary N) is 1. The highest BCUT2D eigenvalue weighted by atomic mass is 32.2. The number of nitrogens with zero attached hydrogens (tertiary/aromatic N) is 1. The summed E-state index contributed by atoms with van der Waals surface area (Å²) in [6.45, 7) is 2.17. The van der Waals surface area contributed by atoms with E-state index < -0.39 is 10.8 Å². The smallest absolute Gasteiger partial charge is 0.232 e. The van der Waals surface area contributed by atoms with E-state index in [1.807, 2.05) is 36.4 Å². The van der Waals surface area contributed by atoms with Crippen LogP contribution in [0.2, 0.25) is 0 Å². The molecule has 0 saturated carbocycles. The predicted octanol–water partition coefficient (Wildman–Crippen LogP) is 3.23. The van der Waals surface area contributed by atoms with E-state index in [1.165, 1.54) is 0 Å². The van der Waals surface area contributed by atoms with Gasteiger partial charge in [0.1, 0.15) is 11.5 Å². The van der Waals surface area contributed by atoms with Gasteiger partial charge in [0.2, 0.25) is 11.8 Å². The lowest BCUT2D eigenvalue weighted by Crippen LogP contribution is -2.28. The molecule has 0 spiro atoms. The van der Waals surface area contributed by atoms with Gasteiger partial charge in [-0.3, -0.25) is 9.00 Å². The molecule has 0 fully saturated rings. The summed E-state index contributed by atoms with van der Waals surface area (Å²) in [5.41, 5.74) is 2.27. The normalized spacial score (nSPS) is 11.7. The number of rotatable bonds is 9. The number of amides is 1. The summed E-state index contributed by atoms with van der Waals surface area (Å²) in [6.07, 6.45) is 0. The van der Waals surface area contributed by atoms with Gasteiger partial charge in [-0.1, -0.05) is 30.3 Å². The van der Waals surface area contributed by atoms with Crippen molar-refractivity contribution < 1.29 is 22.9 Å². The number of carbonyl (C=O) groups excluding carboxylic acids is 1. The van der Waals surface area contributed by atoms with Gasteiger partial charge >= 0.3 is 0 Å². The number of methoxy groups -OCH3 is 2. The monoisotopic (exact) mass is 428 g/mol. The number of benzene rings is 2. The Labute approximate surface area is 177 Å². The van der Waals surface area contributed by atoms with Crippen LogP contribution in [0, 0.1) is 6.92 Å². The topological polar surface area (TPSA) is 90.7 Å². The second kappa shape index (κ2) is 10.1. The lowest BCUT2D eigenvalue weighted by molar-refractivity contribution is -0.118. The predicted molar refractivity (Wildman–Crippen MR) is 115 cm³/mol. The molecule has 158 valence electrons. The van der Waals surface area contributed by atoms with Gasteiger partial charge in [-0.05, 0) is 30.7 Å². The fourth-order valence-corrected chi connectivity index (χ4v) is 3.92. The third-order valence-corrected chi connectivity index (χ3v) is 5.63. The number of aryl methyl sites for hydroxylation is 1. The van der Waals surface area contributed by atoms with E-state index in [-0.39, 0.29) is 17.4 Å². The summed E-state index contributed by atoms with van der Waals surface area (Å²) < 4.78 is 28.7. The number of ether oxygens (including phenoxy) is 2. The Morgan fingerprint density at radius 2 is 1.83 bits per heavy atom. The van der Waals surface area contributed by atoms with Crippen LogP contribution < -0.4 is 14.8 Å². The van der Waals surface area contributed by atoms with Crippen molar-refractivity contribution in [2.45, 2.75) is 19.2 Å². The van der Waals surface area contributed by atoms with Crippen LogP contribution in [0.1, 0.15) is 17.0 Å². The third kappa shape index (κ3) is 5.48. The Kier molecular flexibility index (Phi) is 7.24. The van der Waals surface area contributed by atoms with Crippen molar-refractivity contribution in [3.05, 3.63) is 65.5 Å². The van der Waals surface area contributed by atoms with E-state index in [1.54, 1.807) is 33.3 Å². The zero-order valence-electron chi connectivity index (χ0n) is 17.1. The van der Waals surface area contributed by atoms with Gasteiger partial charge in [0.25, 0.3) is 0 Å². The van der Waals surface area contributed by atoms with Crippen LogP contribution in [0.15, 0.2) is 52.9 Å². The van der Waals surface area contributed by atoms with E-state index in [2.05, 4.69) is 10.3 Å². The Bertz CT molecular complexity index is 1030. The summed E-state index contributed by atoms with van der Waals surface area (Å²) in [5, 5.41) is 2.78. The van der Waals surface area contributed by atoms with Crippen LogP contribution in [0.5, 0.6) is 11.5 Å². The highest BCUT2D eigenvalue weighted by Crippen LogP contribution is 2.32. The summed E-state index contributed by atoms with van der Waals surface area (Å²) in [6, 6.07) is 14.9. The molecule has 0 aliphatic rings. The molecule has 7 nitrogen and oxygen atoms in total. The number of hydrogen-bond acceptors (Lipinski definition) is 6. The highest BCUT2D eigenvalue weighted by Gasteiger charge is 2.17. The number of carbonyl (C=O) groups is 1. The molecule has 0 saturated heterocycles. The van der Waals surface area contributed by atoms with Crippen LogP contribution in [0.4, 0.5) is 0 Å².